The summed E-state index contributed by atoms with van der Waals surface area (Å²) in [6, 6.07) is 16.1. The van der Waals surface area contributed by atoms with E-state index >= 15 is 0 Å². The molecule has 1 saturated heterocycles. The van der Waals surface area contributed by atoms with Gasteiger partial charge in [0.15, 0.2) is 18.1 Å². The highest BCUT2D eigenvalue weighted by atomic mass is 16.5. The Morgan fingerprint density at radius 1 is 1.03 bits per heavy atom. The maximum absolute atomic E-state index is 13.0. The van der Waals surface area contributed by atoms with Crippen LogP contribution in [0.1, 0.15) is 5.56 Å². The highest BCUT2D eigenvalue weighted by molar-refractivity contribution is 5.88. The highest BCUT2D eigenvalue weighted by Gasteiger charge is 2.27. The Morgan fingerprint density at radius 3 is 2.38 bits per heavy atom. The minimum Gasteiger partial charge on any atom is -0.493 e. The van der Waals surface area contributed by atoms with Crippen LogP contribution in [0.4, 0.5) is 0 Å². The van der Waals surface area contributed by atoms with Crippen molar-refractivity contribution in [2.24, 2.45) is 0 Å². The summed E-state index contributed by atoms with van der Waals surface area (Å²) in [4.78, 5) is 27.3. The fourth-order valence-electron chi connectivity index (χ4n) is 3.17. The lowest BCUT2D eigenvalue weighted by atomic mass is 10.0. The number of amides is 2. The Kier molecular flexibility index (Phi) is 7.47. The molecule has 3 rings (SSSR count). The largest absolute Gasteiger partial charge is 0.493 e. The Hall–Kier alpha value is -3.06. The van der Waals surface area contributed by atoms with Crippen LogP contribution in [0.2, 0.25) is 0 Å². The zero-order valence-electron chi connectivity index (χ0n) is 16.5. The Morgan fingerprint density at radius 2 is 1.69 bits per heavy atom. The number of morpholine rings is 1. The van der Waals surface area contributed by atoms with Crippen molar-refractivity contribution in [1.82, 2.24) is 10.2 Å². The Labute approximate surface area is 170 Å². The van der Waals surface area contributed by atoms with Gasteiger partial charge in [0.05, 0.1) is 20.3 Å². The zero-order chi connectivity index (χ0) is 20.5. The second-order valence-corrected chi connectivity index (χ2v) is 6.69. The van der Waals surface area contributed by atoms with Crippen molar-refractivity contribution in [3.8, 4) is 11.5 Å². The molecule has 1 aliphatic rings. The highest BCUT2D eigenvalue weighted by Crippen LogP contribution is 2.25. The number of carbonyl (C=O) groups is 2. The fourth-order valence-corrected chi connectivity index (χ4v) is 3.17. The quantitative estimate of drug-likeness (QED) is 0.732. The van der Waals surface area contributed by atoms with Gasteiger partial charge in [-0.05, 0) is 17.7 Å². The first-order valence-electron chi connectivity index (χ1n) is 9.63. The average molecular weight is 398 g/mol. The van der Waals surface area contributed by atoms with E-state index in [9.17, 15) is 9.59 Å². The van der Waals surface area contributed by atoms with E-state index in [1.165, 1.54) is 0 Å². The number of benzene rings is 2. The first kappa shape index (κ1) is 20.7. The van der Waals surface area contributed by atoms with Crippen LogP contribution in [0, 0.1) is 0 Å². The number of rotatable bonds is 8. The zero-order valence-corrected chi connectivity index (χ0v) is 16.5. The van der Waals surface area contributed by atoms with E-state index in [1.807, 2.05) is 36.4 Å². The smallest absolute Gasteiger partial charge is 0.258 e. The second-order valence-electron chi connectivity index (χ2n) is 6.69. The van der Waals surface area contributed by atoms with Gasteiger partial charge in [-0.25, -0.2) is 0 Å². The summed E-state index contributed by atoms with van der Waals surface area (Å²) < 4.78 is 16.1. The SMILES string of the molecule is COc1ccccc1OCC(=O)N[C@@H](Cc1ccccc1)C(=O)N1CCOCC1. The summed E-state index contributed by atoms with van der Waals surface area (Å²) in [6.45, 7) is 1.86. The summed E-state index contributed by atoms with van der Waals surface area (Å²) >= 11 is 0. The molecule has 0 radical (unpaired) electrons. The third-order valence-corrected chi connectivity index (χ3v) is 4.67. The topological polar surface area (TPSA) is 77.1 Å². The van der Waals surface area contributed by atoms with Crippen LogP contribution >= 0.6 is 0 Å². The molecule has 1 N–H and O–H groups in total. The van der Waals surface area contributed by atoms with Crippen molar-refractivity contribution in [1.29, 1.82) is 0 Å². The Bertz CT molecular complexity index is 806. The number of nitrogens with one attached hydrogen (secondary N) is 1. The lowest BCUT2D eigenvalue weighted by Crippen LogP contribution is -2.53. The van der Waals surface area contributed by atoms with Gasteiger partial charge in [-0.3, -0.25) is 9.59 Å². The first-order valence-corrected chi connectivity index (χ1v) is 9.63. The number of hydrogen-bond acceptors (Lipinski definition) is 5. The van der Waals surface area contributed by atoms with E-state index in [-0.39, 0.29) is 18.4 Å². The van der Waals surface area contributed by atoms with Gasteiger partial charge in [-0.1, -0.05) is 42.5 Å². The predicted octanol–water partition coefficient (Wildman–Crippen LogP) is 1.66. The molecule has 7 heteroatoms. The molecule has 2 amide bonds. The molecule has 0 bridgehead atoms. The minimum absolute atomic E-state index is 0.109. The van der Waals surface area contributed by atoms with Crippen molar-refractivity contribution in [3.05, 3.63) is 60.2 Å². The lowest BCUT2D eigenvalue weighted by Gasteiger charge is -2.30. The van der Waals surface area contributed by atoms with Crippen LogP contribution in [0.25, 0.3) is 0 Å². The van der Waals surface area contributed by atoms with Gasteiger partial charge >= 0.3 is 0 Å². The summed E-state index contributed by atoms with van der Waals surface area (Å²) in [5, 5.41) is 2.83. The molecule has 1 fully saturated rings. The van der Waals surface area contributed by atoms with Crippen molar-refractivity contribution in [2.75, 3.05) is 40.0 Å². The van der Waals surface area contributed by atoms with Gasteiger partial charge in [0.1, 0.15) is 6.04 Å². The van der Waals surface area contributed by atoms with E-state index in [0.29, 0.717) is 44.2 Å². The molecule has 1 aliphatic heterocycles. The summed E-state index contributed by atoms with van der Waals surface area (Å²) in [5.74, 6) is 0.552. The monoisotopic (exact) mass is 398 g/mol. The molecule has 0 unspecified atom stereocenters. The maximum Gasteiger partial charge on any atom is 0.258 e. The van der Waals surface area contributed by atoms with Crippen molar-refractivity contribution in [3.63, 3.8) is 0 Å². The van der Waals surface area contributed by atoms with Gasteiger partial charge in [-0.15, -0.1) is 0 Å². The minimum atomic E-state index is -0.663. The van der Waals surface area contributed by atoms with Crippen LogP contribution in [0.5, 0.6) is 11.5 Å². The van der Waals surface area contributed by atoms with Crippen molar-refractivity contribution < 1.29 is 23.8 Å². The number of para-hydroxylation sites is 2. The molecule has 29 heavy (non-hydrogen) atoms. The molecule has 2 aromatic rings. The normalized spacial score (nSPS) is 14.7. The molecule has 0 aromatic heterocycles. The number of methoxy groups -OCH3 is 1. The first-order chi connectivity index (χ1) is 14.2. The summed E-state index contributed by atoms with van der Waals surface area (Å²) in [7, 11) is 1.54. The van der Waals surface area contributed by atoms with Crippen molar-refractivity contribution in [2.45, 2.75) is 12.5 Å². The Balaban J connectivity index is 1.64. The van der Waals surface area contributed by atoms with Gasteiger partial charge in [0, 0.05) is 19.5 Å². The van der Waals surface area contributed by atoms with Crippen LogP contribution in [-0.2, 0) is 20.7 Å². The van der Waals surface area contributed by atoms with Gasteiger partial charge in [-0.2, -0.15) is 0 Å². The van der Waals surface area contributed by atoms with E-state index in [2.05, 4.69) is 5.32 Å². The summed E-state index contributed by atoms with van der Waals surface area (Å²) in [6.07, 6.45) is 0.414. The van der Waals surface area contributed by atoms with E-state index < -0.39 is 6.04 Å². The third kappa shape index (κ3) is 5.96. The molecule has 0 aliphatic carbocycles. The molecular weight excluding hydrogens is 372 g/mol. The maximum atomic E-state index is 13.0. The molecule has 1 heterocycles. The van der Waals surface area contributed by atoms with Gasteiger partial charge < -0.3 is 24.4 Å². The van der Waals surface area contributed by atoms with E-state index in [4.69, 9.17) is 14.2 Å². The van der Waals surface area contributed by atoms with Crippen molar-refractivity contribution >= 4 is 11.8 Å². The standard InChI is InChI=1S/C22H26N2O5/c1-27-19-9-5-6-10-20(19)29-16-21(25)23-18(15-17-7-3-2-4-8-17)22(26)24-11-13-28-14-12-24/h2-10,18H,11-16H2,1H3,(H,23,25)/t18-/m0/s1. The molecule has 0 saturated carbocycles. The van der Waals surface area contributed by atoms with Crippen LogP contribution in [0.15, 0.2) is 54.6 Å². The van der Waals surface area contributed by atoms with Gasteiger partial charge in [0.2, 0.25) is 5.91 Å². The van der Waals surface area contributed by atoms with E-state index in [1.54, 1.807) is 30.2 Å². The molecule has 7 nitrogen and oxygen atoms in total. The number of nitrogens with zero attached hydrogens (tertiary/aromatic N) is 1. The second kappa shape index (κ2) is 10.5. The van der Waals surface area contributed by atoms with Crippen LogP contribution < -0.4 is 14.8 Å². The van der Waals surface area contributed by atoms with Crippen LogP contribution in [0.3, 0.4) is 0 Å². The third-order valence-electron chi connectivity index (χ3n) is 4.67. The molecule has 2 aromatic carbocycles. The molecule has 1 atom stereocenters. The molecular formula is C22H26N2O5. The van der Waals surface area contributed by atoms with Gasteiger partial charge in [0.25, 0.3) is 5.91 Å². The number of hydrogen-bond donors (Lipinski definition) is 1. The predicted molar refractivity (Wildman–Crippen MR) is 108 cm³/mol. The van der Waals surface area contributed by atoms with Crippen LogP contribution in [-0.4, -0.2) is 62.8 Å². The van der Waals surface area contributed by atoms with E-state index in [0.717, 1.165) is 5.56 Å². The number of ether oxygens (including phenoxy) is 3. The molecule has 154 valence electrons. The molecule has 0 spiro atoms. The summed E-state index contributed by atoms with van der Waals surface area (Å²) in [5.41, 5.74) is 0.977. The average Bonchev–Trinajstić information content (AvgIpc) is 2.78. The number of carbonyl (C=O) groups excluding carboxylic acids is 2. The lowest BCUT2D eigenvalue weighted by molar-refractivity contribution is -0.140. The fraction of sp³-hybridized carbons (Fsp3) is 0.364.